The Kier molecular flexibility index (Phi) is 7.77. The van der Waals surface area contributed by atoms with E-state index in [2.05, 4.69) is 21.2 Å². The number of carbonyl (C=O) groups excluding carboxylic acids is 2. The fourth-order valence-electron chi connectivity index (χ4n) is 2.24. The molecule has 0 saturated heterocycles. The molecule has 2 aromatic rings. The van der Waals surface area contributed by atoms with Crippen molar-refractivity contribution in [3.05, 3.63) is 52.5 Å². The number of aryl methyl sites for hydroxylation is 1. The maximum atomic E-state index is 12.3. The molecule has 0 aliphatic heterocycles. The van der Waals surface area contributed by atoms with Crippen LogP contribution in [-0.2, 0) is 24.3 Å². The summed E-state index contributed by atoms with van der Waals surface area (Å²) in [5.74, 6) is -0.826. The van der Waals surface area contributed by atoms with Gasteiger partial charge in [0.1, 0.15) is 5.75 Å². The average molecular weight is 485 g/mol. The third-order valence-corrected chi connectivity index (χ3v) is 6.20. The lowest BCUT2D eigenvalue weighted by molar-refractivity contribution is -0.149. The number of rotatable bonds is 8. The number of nitrogens with one attached hydrogen (secondary N) is 1. The number of ether oxygens (including phenoxy) is 2. The van der Waals surface area contributed by atoms with E-state index < -0.39 is 28.5 Å². The summed E-state index contributed by atoms with van der Waals surface area (Å²) < 4.78 is 36.7. The van der Waals surface area contributed by atoms with Crippen LogP contribution in [0.25, 0.3) is 0 Å². The maximum Gasteiger partial charge on any atom is 0.344 e. The quantitative estimate of drug-likeness (QED) is 0.577. The maximum absolute atomic E-state index is 12.3. The number of anilines is 1. The highest BCUT2D eigenvalue weighted by Gasteiger charge is 2.20. The predicted molar refractivity (Wildman–Crippen MR) is 111 cm³/mol. The van der Waals surface area contributed by atoms with E-state index in [-0.39, 0.29) is 17.2 Å². The first kappa shape index (κ1) is 22.9. The molecule has 0 unspecified atom stereocenters. The molecule has 0 bridgehead atoms. The highest BCUT2D eigenvalue weighted by Crippen LogP contribution is 2.22. The Bertz CT molecular complexity index is 1010. The minimum atomic E-state index is -3.65. The number of nitrogens with zero attached hydrogens (tertiary/aromatic N) is 1. The monoisotopic (exact) mass is 484 g/mol. The largest absolute Gasteiger partial charge is 0.482 e. The lowest BCUT2D eigenvalue weighted by Crippen LogP contribution is -2.25. The van der Waals surface area contributed by atoms with Crippen LogP contribution in [-0.4, -0.2) is 51.9 Å². The van der Waals surface area contributed by atoms with Crippen LogP contribution < -0.4 is 10.1 Å². The van der Waals surface area contributed by atoms with Gasteiger partial charge in [-0.3, -0.25) is 4.79 Å². The van der Waals surface area contributed by atoms with E-state index in [0.717, 1.165) is 8.78 Å². The van der Waals surface area contributed by atoms with Gasteiger partial charge in [0.05, 0.1) is 4.90 Å². The molecule has 0 fully saturated rings. The number of hydrogen-bond donors (Lipinski definition) is 1. The minimum absolute atomic E-state index is 0.0831. The zero-order chi connectivity index (χ0) is 21.6. The first-order valence-corrected chi connectivity index (χ1v) is 10.7. The van der Waals surface area contributed by atoms with Crippen LogP contribution in [0.1, 0.15) is 5.56 Å². The zero-order valence-corrected chi connectivity index (χ0v) is 18.5. The summed E-state index contributed by atoms with van der Waals surface area (Å²) in [6, 6.07) is 11.5. The van der Waals surface area contributed by atoms with Crippen LogP contribution in [0.2, 0.25) is 0 Å². The van der Waals surface area contributed by atoms with Gasteiger partial charge in [0, 0.05) is 24.3 Å². The zero-order valence-electron chi connectivity index (χ0n) is 16.1. The van der Waals surface area contributed by atoms with Crippen molar-refractivity contribution in [3.63, 3.8) is 0 Å². The molecule has 156 valence electrons. The molecule has 2 aromatic carbocycles. The first-order chi connectivity index (χ1) is 13.6. The van der Waals surface area contributed by atoms with Crippen molar-refractivity contribution in [2.24, 2.45) is 0 Å². The molecule has 1 amide bonds. The van der Waals surface area contributed by atoms with E-state index >= 15 is 0 Å². The number of esters is 1. The topological polar surface area (TPSA) is 102 Å². The molecule has 0 aliphatic carbocycles. The number of benzene rings is 2. The van der Waals surface area contributed by atoms with Crippen LogP contribution in [0.5, 0.6) is 5.75 Å². The summed E-state index contributed by atoms with van der Waals surface area (Å²) in [4.78, 5) is 23.8. The molecule has 0 aliphatic rings. The number of carbonyl (C=O) groups is 2. The standard InChI is InChI=1S/C19H21BrN2O6S/c1-13-7-8-15(10-17(13)29(25,26)22(2)3)21-18(23)11-28-19(24)12-27-16-6-4-5-14(20)9-16/h4-10H,11-12H2,1-3H3,(H,21,23). The van der Waals surface area contributed by atoms with Crippen molar-refractivity contribution in [3.8, 4) is 5.75 Å². The molecular formula is C19H21BrN2O6S. The molecule has 0 spiro atoms. The minimum Gasteiger partial charge on any atom is -0.482 e. The Balaban J connectivity index is 1.90. The summed E-state index contributed by atoms with van der Waals surface area (Å²) in [5, 5.41) is 2.51. The summed E-state index contributed by atoms with van der Waals surface area (Å²) in [6.45, 7) is 0.791. The van der Waals surface area contributed by atoms with E-state index in [0.29, 0.717) is 11.3 Å². The number of sulfonamides is 1. The van der Waals surface area contributed by atoms with Gasteiger partial charge in [-0.25, -0.2) is 17.5 Å². The van der Waals surface area contributed by atoms with Gasteiger partial charge in [0.2, 0.25) is 10.0 Å². The second-order valence-electron chi connectivity index (χ2n) is 6.22. The molecule has 29 heavy (non-hydrogen) atoms. The Labute approximate surface area is 178 Å². The van der Waals surface area contributed by atoms with Crippen molar-refractivity contribution in [1.82, 2.24) is 4.31 Å². The lowest BCUT2D eigenvalue weighted by atomic mass is 10.2. The van der Waals surface area contributed by atoms with Gasteiger partial charge >= 0.3 is 5.97 Å². The molecule has 0 atom stereocenters. The Hall–Kier alpha value is -2.43. The van der Waals surface area contributed by atoms with Gasteiger partial charge in [-0.15, -0.1) is 0 Å². The van der Waals surface area contributed by atoms with E-state index in [4.69, 9.17) is 9.47 Å². The molecule has 0 saturated carbocycles. The number of amides is 1. The van der Waals surface area contributed by atoms with Gasteiger partial charge < -0.3 is 14.8 Å². The second kappa shape index (κ2) is 9.86. The first-order valence-electron chi connectivity index (χ1n) is 8.46. The summed E-state index contributed by atoms with van der Waals surface area (Å²) in [6.07, 6.45) is 0. The Morgan fingerprint density at radius 2 is 1.83 bits per heavy atom. The van der Waals surface area contributed by atoms with Crippen molar-refractivity contribution in [2.75, 3.05) is 32.6 Å². The van der Waals surface area contributed by atoms with Crippen molar-refractivity contribution < 1.29 is 27.5 Å². The van der Waals surface area contributed by atoms with Crippen molar-refractivity contribution >= 4 is 43.5 Å². The summed E-state index contributed by atoms with van der Waals surface area (Å²) in [5.41, 5.74) is 0.829. The SMILES string of the molecule is Cc1ccc(NC(=O)COC(=O)COc2cccc(Br)c2)cc1S(=O)(=O)N(C)C. The molecule has 0 heterocycles. The predicted octanol–water partition coefficient (Wildman–Crippen LogP) is 2.57. The van der Waals surface area contributed by atoms with Gasteiger partial charge in [-0.1, -0.05) is 28.1 Å². The third kappa shape index (κ3) is 6.55. The smallest absolute Gasteiger partial charge is 0.344 e. The van der Waals surface area contributed by atoms with E-state index in [1.54, 1.807) is 37.3 Å². The van der Waals surface area contributed by atoms with Crippen LogP contribution in [0, 0.1) is 6.92 Å². The Morgan fingerprint density at radius 1 is 1.10 bits per heavy atom. The van der Waals surface area contributed by atoms with Crippen LogP contribution in [0.15, 0.2) is 51.8 Å². The fourth-order valence-corrected chi connectivity index (χ4v) is 3.76. The molecule has 0 radical (unpaired) electrons. The lowest BCUT2D eigenvalue weighted by Gasteiger charge is -2.15. The summed E-state index contributed by atoms with van der Waals surface area (Å²) in [7, 11) is -0.799. The highest BCUT2D eigenvalue weighted by atomic mass is 79.9. The van der Waals surface area contributed by atoms with Crippen molar-refractivity contribution in [2.45, 2.75) is 11.8 Å². The van der Waals surface area contributed by atoms with Crippen molar-refractivity contribution in [1.29, 1.82) is 0 Å². The normalized spacial score (nSPS) is 11.2. The van der Waals surface area contributed by atoms with E-state index in [1.807, 2.05) is 6.07 Å². The van der Waals surface area contributed by atoms with Gasteiger partial charge in [0.15, 0.2) is 13.2 Å². The second-order valence-corrected chi connectivity index (χ2v) is 9.26. The van der Waals surface area contributed by atoms with E-state index in [1.165, 1.54) is 20.2 Å². The molecule has 10 heteroatoms. The Morgan fingerprint density at radius 3 is 2.48 bits per heavy atom. The van der Waals surface area contributed by atoms with E-state index in [9.17, 15) is 18.0 Å². The van der Waals surface area contributed by atoms with Crippen LogP contribution >= 0.6 is 15.9 Å². The number of halogens is 1. The number of hydrogen-bond acceptors (Lipinski definition) is 6. The molecule has 1 N–H and O–H groups in total. The molecular weight excluding hydrogens is 464 g/mol. The van der Waals surface area contributed by atoms with Gasteiger partial charge in [0.25, 0.3) is 5.91 Å². The molecule has 2 rings (SSSR count). The van der Waals surface area contributed by atoms with Gasteiger partial charge in [-0.2, -0.15) is 0 Å². The average Bonchev–Trinajstić information content (AvgIpc) is 2.66. The summed E-state index contributed by atoms with van der Waals surface area (Å²) >= 11 is 3.29. The molecule has 0 aromatic heterocycles. The fraction of sp³-hybridized carbons (Fsp3) is 0.263. The van der Waals surface area contributed by atoms with Crippen LogP contribution in [0.3, 0.4) is 0 Å². The van der Waals surface area contributed by atoms with Gasteiger partial charge in [-0.05, 0) is 42.8 Å². The van der Waals surface area contributed by atoms with Crippen LogP contribution in [0.4, 0.5) is 5.69 Å². The third-order valence-electron chi connectivity index (χ3n) is 3.75. The molecule has 8 nitrogen and oxygen atoms in total. The highest BCUT2D eigenvalue weighted by molar-refractivity contribution is 9.10.